The molecule has 1 N–H and O–H groups in total. The zero-order valence-corrected chi connectivity index (χ0v) is 14.3. The Hall–Kier alpha value is -2.66. The van der Waals surface area contributed by atoms with Crippen LogP contribution in [-0.2, 0) is 10.0 Å². The Kier molecular flexibility index (Phi) is 4.36. The second-order valence-corrected chi connectivity index (χ2v) is 7.38. The number of hydrogen-bond acceptors (Lipinski definition) is 3. The maximum Gasteiger partial charge on any atom is 0.276 e. The molecule has 0 aliphatic rings. The molecule has 0 aliphatic heterocycles. The van der Waals surface area contributed by atoms with Crippen LogP contribution in [0.15, 0.2) is 70.7 Å². The van der Waals surface area contributed by atoms with Gasteiger partial charge in [-0.3, -0.25) is 0 Å². The van der Waals surface area contributed by atoms with Crippen LogP contribution in [-0.4, -0.2) is 14.6 Å². The predicted molar refractivity (Wildman–Crippen MR) is 97.8 cm³/mol. The quantitative estimate of drug-likeness (QED) is 0.581. The summed E-state index contributed by atoms with van der Waals surface area (Å²) < 4.78 is 24.4. The van der Waals surface area contributed by atoms with Crippen LogP contribution in [0.1, 0.15) is 16.7 Å². The van der Waals surface area contributed by atoms with Crippen LogP contribution in [0, 0.1) is 13.8 Å². The maximum atomic E-state index is 12.2. The number of benzene rings is 3. The normalized spacial score (nSPS) is 11.9. The van der Waals surface area contributed by atoms with Gasteiger partial charge in [0.05, 0.1) is 11.1 Å². The van der Waals surface area contributed by atoms with E-state index in [1.807, 2.05) is 44.2 Å². The van der Waals surface area contributed by atoms with E-state index in [0.29, 0.717) is 0 Å². The van der Waals surface area contributed by atoms with E-state index in [1.165, 1.54) is 6.21 Å². The van der Waals surface area contributed by atoms with Gasteiger partial charge in [0.2, 0.25) is 0 Å². The number of fused-ring (bicyclic) bond motifs is 1. The van der Waals surface area contributed by atoms with E-state index in [1.54, 1.807) is 24.3 Å². The Balaban J connectivity index is 1.83. The zero-order chi connectivity index (χ0) is 17.2. The fraction of sp³-hybridized carbons (Fsp3) is 0.105. The second-order valence-electron chi connectivity index (χ2n) is 5.72. The van der Waals surface area contributed by atoms with Gasteiger partial charge in [-0.1, -0.05) is 48.0 Å². The van der Waals surface area contributed by atoms with Crippen molar-refractivity contribution < 1.29 is 8.42 Å². The summed E-state index contributed by atoms with van der Waals surface area (Å²) in [5, 5.41) is 6.15. The minimum Gasteiger partial charge on any atom is -0.200 e. The molecule has 3 aromatic carbocycles. The van der Waals surface area contributed by atoms with Crippen molar-refractivity contribution in [3.8, 4) is 0 Å². The summed E-state index contributed by atoms with van der Waals surface area (Å²) in [6.07, 6.45) is 1.54. The molecule has 3 aromatic rings. The molecule has 0 unspecified atom stereocenters. The van der Waals surface area contributed by atoms with Crippen LogP contribution in [0.25, 0.3) is 10.8 Å². The van der Waals surface area contributed by atoms with Crippen LogP contribution in [0.3, 0.4) is 0 Å². The lowest BCUT2D eigenvalue weighted by Crippen LogP contribution is -2.18. The minimum absolute atomic E-state index is 0.195. The molecule has 5 heteroatoms. The first-order chi connectivity index (χ1) is 11.5. The fourth-order valence-corrected chi connectivity index (χ4v) is 3.24. The number of sulfonamides is 1. The van der Waals surface area contributed by atoms with Gasteiger partial charge in [-0.2, -0.15) is 13.5 Å². The summed E-state index contributed by atoms with van der Waals surface area (Å²) in [4.78, 5) is 2.46. The summed E-state index contributed by atoms with van der Waals surface area (Å²) in [5.74, 6) is 0. The van der Waals surface area contributed by atoms with Crippen LogP contribution in [0.5, 0.6) is 0 Å². The van der Waals surface area contributed by atoms with Crippen molar-refractivity contribution in [2.45, 2.75) is 18.7 Å². The van der Waals surface area contributed by atoms with E-state index >= 15 is 0 Å². The Morgan fingerprint density at radius 3 is 2.21 bits per heavy atom. The summed E-state index contributed by atoms with van der Waals surface area (Å²) in [5.41, 5.74) is 2.91. The second kappa shape index (κ2) is 6.45. The lowest BCUT2D eigenvalue weighted by molar-refractivity contribution is 0.584. The SMILES string of the molecule is Cc1ccc(S(=O)(=O)NN=Cc2cc3ccccc3cc2C)cc1. The van der Waals surface area contributed by atoms with Gasteiger partial charge >= 0.3 is 0 Å². The molecule has 0 heterocycles. The van der Waals surface area contributed by atoms with Gasteiger partial charge in [-0.05, 0) is 53.9 Å². The third-order valence-electron chi connectivity index (χ3n) is 3.84. The minimum atomic E-state index is -3.65. The van der Waals surface area contributed by atoms with E-state index in [0.717, 1.165) is 27.5 Å². The summed E-state index contributed by atoms with van der Waals surface area (Å²) >= 11 is 0. The molecule has 0 saturated carbocycles. The number of hydrogen-bond donors (Lipinski definition) is 1. The average molecular weight is 338 g/mol. The van der Waals surface area contributed by atoms with Crippen molar-refractivity contribution in [3.05, 3.63) is 77.4 Å². The Morgan fingerprint density at radius 1 is 0.917 bits per heavy atom. The third-order valence-corrected chi connectivity index (χ3v) is 5.08. The fourth-order valence-electron chi connectivity index (χ4n) is 2.45. The molecule has 0 aromatic heterocycles. The van der Waals surface area contributed by atoms with Crippen molar-refractivity contribution in [2.75, 3.05) is 0 Å². The van der Waals surface area contributed by atoms with E-state index in [2.05, 4.69) is 16.0 Å². The lowest BCUT2D eigenvalue weighted by Gasteiger charge is -2.05. The highest BCUT2D eigenvalue weighted by Gasteiger charge is 2.11. The Morgan fingerprint density at radius 2 is 1.54 bits per heavy atom. The van der Waals surface area contributed by atoms with Crippen molar-refractivity contribution in [2.24, 2.45) is 5.10 Å². The molecule has 0 amide bonds. The highest BCUT2D eigenvalue weighted by Crippen LogP contribution is 2.18. The number of rotatable bonds is 4. The molecule has 0 fully saturated rings. The molecular weight excluding hydrogens is 320 g/mol. The van der Waals surface area contributed by atoms with Crippen molar-refractivity contribution in [1.82, 2.24) is 4.83 Å². The standard InChI is InChI=1S/C19H18N2O2S/c1-14-7-9-19(10-8-14)24(22,23)21-20-13-18-12-17-6-4-3-5-16(17)11-15(18)2/h3-13,21H,1-2H3. The van der Waals surface area contributed by atoms with Crippen molar-refractivity contribution in [3.63, 3.8) is 0 Å². The molecular formula is C19H18N2O2S. The lowest BCUT2D eigenvalue weighted by atomic mass is 10.0. The van der Waals surface area contributed by atoms with E-state index in [9.17, 15) is 8.42 Å². The van der Waals surface area contributed by atoms with Crippen molar-refractivity contribution >= 4 is 27.0 Å². The van der Waals surface area contributed by atoms with Gasteiger partial charge < -0.3 is 0 Å². The first-order valence-corrected chi connectivity index (χ1v) is 9.05. The molecule has 0 bridgehead atoms. The zero-order valence-electron chi connectivity index (χ0n) is 13.5. The van der Waals surface area contributed by atoms with E-state index in [-0.39, 0.29) is 4.90 Å². The monoisotopic (exact) mass is 338 g/mol. The molecule has 122 valence electrons. The predicted octanol–water partition coefficient (Wildman–Crippen LogP) is 3.77. The molecule has 24 heavy (non-hydrogen) atoms. The molecule has 0 spiro atoms. The third kappa shape index (κ3) is 3.46. The average Bonchev–Trinajstić information content (AvgIpc) is 2.55. The molecule has 0 atom stereocenters. The number of nitrogens with one attached hydrogen (secondary N) is 1. The Bertz CT molecular complexity index is 1010. The summed E-state index contributed by atoms with van der Waals surface area (Å²) in [6, 6.07) is 18.7. The number of hydrazone groups is 1. The molecule has 3 rings (SSSR count). The molecule has 4 nitrogen and oxygen atoms in total. The first kappa shape index (κ1) is 16.2. The summed E-state index contributed by atoms with van der Waals surface area (Å²) in [6.45, 7) is 3.88. The smallest absolute Gasteiger partial charge is 0.200 e. The summed E-state index contributed by atoms with van der Waals surface area (Å²) in [7, 11) is -3.65. The van der Waals surface area contributed by atoms with Crippen molar-refractivity contribution in [1.29, 1.82) is 0 Å². The number of nitrogens with zero attached hydrogens (tertiary/aromatic N) is 1. The van der Waals surface area contributed by atoms with Gasteiger partial charge in [0.25, 0.3) is 10.0 Å². The van der Waals surface area contributed by atoms with Crippen LogP contribution < -0.4 is 4.83 Å². The van der Waals surface area contributed by atoms with Gasteiger partial charge in [0.15, 0.2) is 0 Å². The van der Waals surface area contributed by atoms with Crippen LogP contribution in [0.4, 0.5) is 0 Å². The van der Waals surface area contributed by atoms with E-state index in [4.69, 9.17) is 0 Å². The van der Waals surface area contributed by atoms with Crippen LogP contribution >= 0.6 is 0 Å². The topological polar surface area (TPSA) is 58.5 Å². The molecule has 0 saturated heterocycles. The van der Waals surface area contributed by atoms with E-state index < -0.39 is 10.0 Å². The highest BCUT2D eigenvalue weighted by atomic mass is 32.2. The van der Waals surface area contributed by atoms with Gasteiger partial charge in [-0.25, -0.2) is 4.83 Å². The number of aryl methyl sites for hydroxylation is 2. The first-order valence-electron chi connectivity index (χ1n) is 7.57. The van der Waals surface area contributed by atoms with Gasteiger partial charge in [-0.15, -0.1) is 0 Å². The largest absolute Gasteiger partial charge is 0.276 e. The van der Waals surface area contributed by atoms with Crippen LogP contribution in [0.2, 0.25) is 0 Å². The van der Waals surface area contributed by atoms with Gasteiger partial charge in [0.1, 0.15) is 0 Å². The highest BCUT2D eigenvalue weighted by molar-refractivity contribution is 7.89. The molecule has 0 aliphatic carbocycles. The molecule has 0 radical (unpaired) electrons. The van der Waals surface area contributed by atoms with Gasteiger partial charge in [0, 0.05) is 0 Å². The Labute approximate surface area is 141 Å². The maximum absolute atomic E-state index is 12.2.